The second-order valence-corrected chi connectivity index (χ2v) is 5.48. The summed E-state index contributed by atoms with van der Waals surface area (Å²) < 4.78 is 28.3. The Balaban J connectivity index is 2.12. The van der Waals surface area contributed by atoms with Crippen molar-refractivity contribution < 1.29 is 28.2 Å². The highest BCUT2D eigenvalue weighted by Crippen LogP contribution is 2.21. The van der Waals surface area contributed by atoms with Crippen LogP contribution >= 0.6 is 11.8 Å². The second-order valence-electron chi connectivity index (χ2n) is 4.33. The monoisotopic (exact) mass is 317 g/mol. The second kappa shape index (κ2) is 6.75. The van der Waals surface area contributed by atoms with Crippen LogP contribution in [-0.2, 0) is 4.79 Å². The van der Waals surface area contributed by atoms with Gasteiger partial charge in [0.2, 0.25) is 0 Å². The normalized spacial score (nSPS) is 18.6. The van der Waals surface area contributed by atoms with Crippen molar-refractivity contribution in [1.82, 2.24) is 4.90 Å². The molecule has 1 atom stereocenters. The molecule has 0 bridgehead atoms. The molecule has 1 aromatic carbocycles. The number of amides is 1. The molecule has 0 radical (unpaired) electrons. The Morgan fingerprint density at radius 3 is 2.57 bits per heavy atom. The van der Waals surface area contributed by atoms with E-state index in [9.17, 15) is 18.4 Å². The summed E-state index contributed by atoms with van der Waals surface area (Å²) in [7, 11) is 0. The molecule has 21 heavy (non-hydrogen) atoms. The summed E-state index contributed by atoms with van der Waals surface area (Å²) in [6, 6.07) is 4.34. The van der Waals surface area contributed by atoms with Crippen LogP contribution in [0.15, 0.2) is 24.3 Å². The topological polar surface area (TPSA) is 66.8 Å². The minimum absolute atomic E-state index is 0.0504. The maximum Gasteiger partial charge on any atom is 0.387 e. The third kappa shape index (κ3) is 3.84. The summed E-state index contributed by atoms with van der Waals surface area (Å²) in [5.41, 5.74) is 0.245. The predicted octanol–water partition coefficient (Wildman–Crippen LogP) is 1.93. The van der Waals surface area contributed by atoms with Gasteiger partial charge in [0.25, 0.3) is 5.91 Å². The van der Waals surface area contributed by atoms with Gasteiger partial charge in [0.1, 0.15) is 11.8 Å². The van der Waals surface area contributed by atoms with Gasteiger partial charge in [-0.15, -0.1) is 0 Å². The smallest absolute Gasteiger partial charge is 0.387 e. The van der Waals surface area contributed by atoms with Crippen LogP contribution < -0.4 is 4.74 Å². The van der Waals surface area contributed by atoms with Gasteiger partial charge in [0.15, 0.2) is 0 Å². The number of halogens is 2. The van der Waals surface area contributed by atoms with E-state index in [1.807, 2.05) is 0 Å². The first-order valence-electron chi connectivity index (χ1n) is 6.15. The van der Waals surface area contributed by atoms with E-state index in [2.05, 4.69) is 4.74 Å². The zero-order valence-electron chi connectivity index (χ0n) is 10.9. The number of aliphatic carboxylic acids is 1. The van der Waals surface area contributed by atoms with Gasteiger partial charge in [0, 0.05) is 23.6 Å². The molecular weight excluding hydrogens is 304 g/mol. The van der Waals surface area contributed by atoms with Crippen molar-refractivity contribution in [2.75, 3.05) is 18.1 Å². The van der Waals surface area contributed by atoms with Crippen molar-refractivity contribution >= 4 is 23.6 Å². The van der Waals surface area contributed by atoms with Gasteiger partial charge in [0.05, 0.1) is 0 Å². The Labute approximate surface area is 123 Å². The molecule has 1 aliphatic rings. The molecule has 0 aliphatic carbocycles. The first-order valence-corrected chi connectivity index (χ1v) is 7.31. The molecule has 1 heterocycles. The predicted molar refractivity (Wildman–Crippen MR) is 72.9 cm³/mol. The number of carboxylic acids is 1. The third-order valence-corrected chi connectivity index (χ3v) is 4.02. The van der Waals surface area contributed by atoms with Crippen molar-refractivity contribution in [3.63, 3.8) is 0 Å². The van der Waals surface area contributed by atoms with Gasteiger partial charge in [-0.2, -0.15) is 20.5 Å². The molecular formula is C13H13F2NO4S. The number of nitrogens with zero attached hydrogens (tertiary/aromatic N) is 1. The zero-order chi connectivity index (χ0) is 15.4. The van der Waals surface area contributed by atoms with Crippen LogP contribution in [0.1, 0.15) is 10.4 Å². The van der Waals surface area contributed by atoms with Gasteiger partial charge >= 0.3 is 12.6 Å². The lowest BCUT2D eigenvalue weighted by molar-refractivity contribution is -0.141. The highest BCUT2D eigenvalue weighted by Gasteiger charge is 2.32. The lowest BCUT2D eigenvalue weighted by atomic mass is 10.1. The highest BCUT2D eigenvalue weighted by molar-refractivity contribution is 7.99. The first kappa shape index (κ1) is 15.6. The molecule has 1 N–H and O–H groups in total. The van der Waals surface area contributed by atoms with Crippen molar-refractivity contribution in [3.8, 4) is 5.75 Å². The van der Waals surface area contributed by atoms with Crippen LogP contribution in [0.2, 0.25) is 0 Å². The fourth-order valence-electron chi connectivity index (χ4n) is 2.00. The number of carbonyl (C=O) groups is 2. The molecule has 8 heteroatoms. The number of hydrogen-bond acceptors (Lipinski definition) is 4. The zero-order valence-corrected chi connectivity index (χ0v) is 11.7. The van der Waals surface area contributed by atoms with Crippen LogP contribution in [0.3, 0.4) is 0 Å². The summed E-state index contributed by atoms with van der Waals surface area (Å²) in [5, 5.41) is 9.14. The van der Waals surface area contributed by atoms with E-state index in [0.29, 0.717) is 18.1 Å². The number of ether oxygens (including phenoxy) is 1. The summed E-state index contributed by atoms with van der Waals surface area (Å²) in [4.78, 5) is 24.8. The summed E-state index contributed by atoms with van der Waals surface area (Å²) >= 11 is 1.48. The molecule has 114 valence electrons. The number of benzene rings is 1. The van der Waals surface area contributed by atoms with Crippen LogP contribution in [0, 0.1) is 0 Å². The summed E-state index contributed by atoms with van der Waals surface area (Å²) in [5.74, 6) is -0.513. The number of hydrogen-bond donors (Lipinski definition) is 1. The molecule has 5 nitrogen and oxygen atoms in total. The highest BCUT2D eigenvalue weighted by atomic mass is 32.2. The van der Waals surface area contributed by atoms with E-state index < -0.39 is 24.5 Å². The average Bonchev–Trinajstić information content (AvgIpc) is 2.46. The number of rotatable bonds is 4. The van der Waals surface area contributed by atoms with Crippen LogP contribution in [0.5, 0.6) is 5.75 Å². The van der Waals surface area contributed by atoms with Gasteiger partial charge < -0.3 is 14.7 Å². The van der Waals surface area contributed by atoms with Gasteiger partial charge in [-0.05, 0) is 24.3 Å². The number of alkyl halides is 2. The van der Waals surface area contributed by atoms with Gasteiger partial charge in [-0.1, -0.05) is 0 Å². The average molecular weight is 317 g/mol. The molecule has 1 amide bonds. The fourth-order valence-corrected chi connectivity index (χ4v) is 3.03. The van der Waals surface area contributed by atoms with Crippen molar-refractivity contribution in [3.05, 3.63) is 29.8 Å². The quantitative estimate of drug-likeness (QED) is 0.919. The van der Waals surface area contributed by atoms with Crippen LogP contribution in [0.4, 0.5) is 8.78 Å². The molecule has 1 aromatic rings. The Morgan fingerprint density at radius 2 is 2.00 bits per heavy atom. The lowest BCUT2D eigenvalue weighted by Crippen LogP contribution is -2.50. The van der Waals surface area contributed by atoms with Gasteiger partial charge in [-0.25, -0.2) is 4.79 Å². The van der Waals surface area contributed by atoms with E-state index in [0.717, 1.165) is 0 Å². The van der Waals surface area contributed by atoms with E-state index >= 15 is 0 Å². The molecule has 1 unspecified atom stereocenters. The molecule has 1 saturated heterocycles. The molecule has 0 spiro atoms. The van der Waals surface area contributed by atoms with E-state index in [1.54, 1.807) is 0 Å². The van der Waals surface area contributed by atoms with Crippen molar-refractivity contribution in [1.29, 1.82) is 0 Å². The molecule has 0 aromatic heterocycles. The number of carboxylic acid groups (broad SMARTS) is 1. The van der Waals surface area contributed by atoms with Crippen LogP contribution in [0.25, 0.3) is 0 Å². The minimum Gasteiger partial charge on any atom is -0.480 e. The standard InChI is InChI=1S/C13H13F2NO4S/c14-13(15)20-9-3-1-8(2-4-9)11(17)16-5-6-21-7-10(16)12(18)19/h1-4,10,13H,5-7H2,(H,18,19). The van der Waals surface area contributed by atoms with Crippen molar-refractivity contribution in [2.45, 2.75) is 12.7 Å². The third-order valence-electron chi connectivity index (χ3n) is 3.00. The molecule has 0 saturated carbocycles. The van der Waals surface area contributed by atoms with E-state index in [1.165, 1.54) is 40.9 Å². The lowest BCUT2D eigenvalue weighted by Gasteiger charge is -2.32. The maximum absolute atomic E-state index is 12.3. The number of thioether (sulfide) groups is 1. The number of carbonyl (C=O) groups excluding carboxylic acids is 1. The van der Waals surface area contributed by atoms with E-state index in [4.69, 9.17) is 5.11 Å². The van der Waals surface area contributed by atoms with Gasteiger partial charge in [-0.3, -0.25) is 4.79 Å². The van der Waals surface area contributed by atoms with Crippen LogP contribution in [-0.4, -0.2) is 52.6 Å². The Morgan fingerprint density at radius 1 is 1.33 bits per heavy atom. The molecule has 1 aliphatic heterocycles. The Kier molecular flexibility index (Phi) is 5.00. The largest absolute Gasteiger partial charge is 0.480 e. The maximum atomic E-state index is 12.3. The van der Waals surface area contributed by atoms with E-state index in [-0.39, 0.29) is 11.3 Å². The fraction of sp³-hybridized carbons (Fsp3) is 0.385. The Bertz CT molecular complexity index is 523. The Hall–Kier alpha value is -1.83. The molecule has 2 rings (SSSR count). The summed E-state index contributed by atoms with van der Waals surface area (Å²) in [6.45, 7) is -2.59. The minimum atomic E-state index is -2.93. The van der Waals surface area contributed by atoms with Crippen molar-refractivity contribution in [2.24, 2.45) is 0 Å². The first-order chi connectivity index (χ1) is 9.99. The SMILES string of the molecule is O=C(O)C1CSCCN1C(=O)c1ccc(OC(F)F)cc1. The molecule has 1 fully saturated rings. The summed E-state index contributed by atoms with van der Waals surface area (Å²) in [6.07, 6.45) is 0.